The van der Waals surface area contributed by atoms with Crippen LogP contribution in [0.4, 0.5) is 0 Å². The lowest BCUT2D eigenvalue weighted by Gasteiger charge is -2.29. The minimum absolute atomic E-state index is 0.0189. The second kappa shape index (κ2) is 7.78. The largest absolute Gasteiger partial charge is 0.341 e. The summed E-state index contributed by atoms with van der Waals surface area (Å²) in [6, 6.07) is 9.82. The average Bonchev–Trinajstić information content (AvgIpc) is 2.52. The molecule has 2 amide bonds. The van der Waals surface area contributed by atoms with Crippen LogP contribution in [0.5, 0.6) is 0 Å². The highest BCUT2D eigenvalue weighted by Crippen LogP contribution is 2.09. The van der Waals surface area contributed by atoms with Crippen molar-refractivity contribution in [2.75, 3.05) is 19.6 Å². The van der Waals surface area contributed by atoms with Gasteiger partial charge in [0.2, 0.25) is 11.8 Å². The number of hydrogen-bond donors (Lipinski definition) is 1. The van der Waals surface area contributed by atoms with E-state index in [1.54, 1.807) is 0 Å². The van der Waals surface area contributed by atoms with Crippen LogP contribution in [0, 0.1) is 0 Å². The van der Waals surface area contributed by atoms with E-state index in [0.29, 0.717) is 6.54 Å². The summed E-state index contributed by atoms with van der Waals surface area (Å²) in [6.07, 6.45) is 3.30. The highest BCUT2D eigenvalue weighted by atomic mass is 16.2. The molecule has 0 bridgehead atoms. The Hall–Kier alpha value is -1.88. The van der Waals surface area contributed by atoms with Gasteiger partial charge in [-0.3, -0.25) is 14.6 Å². The van der Waals surface area contributed by atoms with Gasteiger partial charge in [0.1, 0.15) is 6.54 Å². The normalized spacial score (nSPS) is 14.8. The van der Waals surface area contributed by atoms with Crippen molar-refractivity contribution in [1.82, 2.24) is 15.3 Å². The number of nitrogens with one attached hydrogen (secondary N) is 1. The van der Waals surface area contributed by atoms with E-state index in [9.17, 15) is 9.59 Å². The number of piperidine rings is 1. The molecule has 0 aliphatic carbocycles. The lowest BCUT2D eigenvalue weighted by molar-refractivity contribution is -0.142. The van der Waals surface area contributed by atoms with Crippen molar-refractivity contribution in [1.29, 1.82) is 0 Å². The minimum atomic E-state index is -0.142. The molecule has 0 spiro atoms. The van der Waals surface area contributed by atoms with Gasteiger partial charge >= 0.3 is 0 Å². The first-order valence-corrected chi connectivity index (χ1v) is 7.50. The van der Waals surface area contributed by atoms with Gasteiger partial charge in [0.05, 0.1) is 0 Å². The second-order valence-electron chi connectivity index (χ2n) is 5.37. The van der Waals surface area contributed by atoms with E-state index in [4.69, 9.17) is 0 Å². The highest BCUT2D eigenvalue weighted by Gasteiger charge is 2.20. The molecular formula is C16H23N3O2. The molecule has 1 aliphatic heterocycles. The van der Waals surface area contributed by atoms with Crippen LogP contribution < -0.4 is 5.43 Å². The van der Waals surface area contributed by atoms with Crippen LogP contribution in [0.15, 0.2) is 30.3 Å². The van der Waals surface area contributed by atoms with Crippen LogP contribution in [0.25, 0.3) is 0 Å². The molecular weight excluding hydrogens is 266 g/mol. The predicted molar refractivity (Wildman–Crippen MR) is 81.1 cm³/mol. The Morgan fingerprint density at radius 3 is 2.43 bits per heavy atom. The number of carbonyl (C=O) groups excluding carboxylic acids is 2. The third-order valence-corrected chi connectivity index (χ3v) is 3.70. The van der Waals surface area contributed by atoms with Crippen LogP contribution in [0.1, 0.15) is 31.7 Å². The van der Waals surface area contributed by atoms with Crippen LogP contribution in [-0.4, -0.2) is 41.4 Å². The summed E-state index contributed by atoms with van der Waals surface area (Å²) in [4.78, 5) is 25.7. The van der Waals surface area contributed by atoms with Gasteiger partial charge in [0, 0.05) is 26.6 Å². The minimum Gasteiger partial charge on any atom is -0.341 e. The molecule has 1 aromatic rings. The molecule has 1 aliphatic rings. The average molecular weight is 289 g/mol. The molecule has 21 heavy (non-hydrogen) atoms. The first kappa shape index (κ1) is 15.5. The molecule has 0 saturated carbocycles. The van der Waals surface area contributed by atoms with E-state index in [-0.39, 0.29) is 18.4 Å². The van der Waals surface area contributed by atoms with E-state index < -0.39 is 0 Å². The third kappa shape index (κ3) is 4.86. The van der Waals surface area contributed by atoms with E-state index in [0.717, 1.165) is 31.5 Å². The maximum absolute atomic E-state index is 12.2. The maximum Gasteiger partial charge on any atom is 0.243 e. The van der Waals surface area contributed by atoms with Gasteiger partial charge in [-0.25, -0.2) is 5.43 Å². The van der Waals surface area contributed by atoms with Gasteiger partial charge in [0.15, 0.2) is 0 Å². The summed E-state index contributed by atoms with van der Waals surface area (Å²) in [5, 5.41) is 1.41. The predicted octanol–water partition coefficient (Wildman–Crippen LogP) is 1.55. The number of carbonyl (C=O) groups is 2. The number of amides is 2. The number of rotatable bonds is 5. The number of nitrogens with zero attached hydrogens (tertiary/aromatic N) is 2. The van der Waals surface area contributed by atoms with Gasteiger partial charge in [0.25, 0.3) is 0 Å². The summed E-state index contributed by atoms with van der Waals surface area (Å²) in [5.41, 5.74) is 4.12. The number of hydrogen-bond acceptors (Lipinski definition) is 3. The van der Waals surface area contributed by atoms with E-state index in [1.807, 2.05) is 35.2 Å². The molecule has 0 unspecified atom stereocenters. The molecule has 0 radical (unpaired) electrons. The zero-order chi connectivity index (χ0) is 15.1. The summed E-state index contributed by atoms with van der Waals surface area (Å²) in [7, 11) is 0. The Bertz CT molecular complexity index is 470. The zero-order valence-electron chi connectivity index (χ0n) is 12.5. The number of hydrazine groups is 1. The standard InChI is InChI=1S/C16H23N3O2/c1-14(20)19(17-12-15-8-4-2-5-9-15)13-16(21)18-10-6-3-7-11-18/h2,4-5,8-9,17H,3,6-7,10-13H2,1H3. The van der Waals surface area contributed by atoms with Crippen LogP contribution in [0.2, 0.25) is 0 Å². The van der Waals surface area contributed by atoms with Crippen molar-refractivity contribution in [2.24, 2.45) is 0 Å². The van der Waals surface area contributed by atoms with Gasteiger partial charge in [-0.2, -0.15) is 0 Å². The van der Waals surface area contributed by atoms with Gasteiger partial charge in [-0.05, 0) is 24.8 Å². The number of benzene rings is 1. The van der Waals surface area contributed by atoms with Crippen molar-refractivity contribution in [2.45, 2.75) is 32.7 Å². The van der Waals surface area contributed by atoms with Crippen LogP contribution in [0.3, 0.4) is 0 Å². The summed E-state index contributed by atoms with van der Waals surface area (Å²) in [6.45, 7) is 3.73. The summed E-state index contributed by atoms with van der Waals surface area (Å²) < 4.78 is 0. The summed E-state index contributed by atoms with van der Waals surface area (Å²) in [5.74, 6) is -0.123. The summed E-state index contributed by atoms with van der Waals surface area (Å²) >= 11 is 0. The van der Waals surface area contributed by atoms with E-state index in [2.05, 4.69) is 5.43 Å². The smallest absolute Gasteiger partial charge is 0.243 e. The Kier molecular flexibility index (Phi) is 5.75. The van der Waals surface area contributed by atoms with Crippen LogP contribution in [-0.2, 0) is 16.1 Å². The van der Waals surface area contributed by atoms with Crippen molar-refractivity contribution in [3.8, 4) is 0 Å². The van der Waals surface area contributed by atoms with Gasteiger partial charge in [-0.1, -0.05) is 30.3 Å². The number of likely N-dealkylation sites (tertiary alicyclic amines) is 1. The molecule has 0 aromatic heterocycles. The molecule has 2 rings (SSSR count). The molecule has 1 heterocycles. The molecule has 1 aromatic carbocycles. The first-order valence-electron chi connectivity index (χ1n) is 7.50. The van der Waals surface area contributed by atoms with Crippen LogP contribution >= 0.6 is 0 Å². The Balaban J connectivity index is 1.86. The molecule has 1 fully saturated rings. The Labute approximate surface area is 125 Å². The van der Waals surface area contributed by atoms with Crippen molar-refractivity contribution >= 4 is 11.8 Å². The van der Waals surface area contributed by atoms with Gasteiger partial charge < -0.3 is 4.90 Å². The Morgan fingerprint density at radius 1 is 1.14 bits per heavy atom. The maximum atomic E-state index is 12.2. The Morgan fingerprint density at radius 2 is 1.81 bits per heavy atom. The fraction of sp³-hybridized carbons (Fsp3) is 0.500. The fourth-order valence-corrected chi connectivity index (χ4v) is 2.44. The van der Waals surface area contributed by atoms with Crippen molar-refractivity contribution in [3.05, 3.63) is 35.9 Å². The van der Waals surface area contributed by atoms with E-state index >= 15 is 0 Å². The second-order valence-corrected chi connectivity index (χ2v) is 5.37. The molecule has 5 heteroatoms. The fourth-order valence-electron chi connectivity index (χ4n) is 2.44. The molecule has 5 nitrogen and oxygen atoms in total. The lowest BCUT2D eigenvalue weighted by Crippen LogP contribution is -2.49. The molecule has 0 atom stereocenters. The lowest BCUT2D eigenvalue weighted by atomic mass is 10.1. The first-order chi connectivity index (χ1) is 10.2. The highest BCUT2D eigenvalue weighted by molar-refractivity contribution is 5.83. The topological polar surface area (TPSA) is 52.7 Å². The molecule has 1 saturated heterocycles. The third-order valence-electron chi connectivity index (χ3n) is 3.70. The molecule has 114 valence electrons. The SMILES string of the molecule is CC(=O)N(CC(=O)N1CCCCC1)NCc1ccccc1. The quantitative estimate of drug-likeness (QED) is 0.837. The monoisotopic (exact) mass is 289 g/mol. The van der Waals surface area contributed by atoms with Gasteiger partial charge in [-0.15, -0.1) is 0 Å². The van der Waals surface area contributed by atoms with E-state index in [1.165, 1.54) is 18.4 Å². The van der Waals surface area contributed by atoms with Crippen molar-refractivity contribution < 1.29 is 9.59 Å². The zero-order valence-corrected chi connectivity index (χ0v) is 12.5. The molecule has 1 N–H and O–H groups in total. The van der Waals surface area contributed by atoms with Crippen molar-refractivity contribution in [3.63, 3.8) is 0 Å².